The quantitative estimate of drug-likeness (QED) is 0.419. The number of esters is 1. The van der Waals surface area contributed by atoms with Crippen molar-refractivity contribution in [1.82, 2.24) is 0 Å². The first-order chi connectivity index (χ1) is 7.91. The number of quaternary nitrogens is 1. The molecule has 0 aliphatic rings. The van der Waals surface area contributed by atoms with E-state index in [-0.39, 0.29) is 5.92 Å². The summed E-state index contributed by atoms with van der Waals surface area (Å²) in [5.74, 6) is -1.33. The Bertz CT molecular complexity index is 369. The van der Waals surface area contributed by atoms with Crippen molar-refractivity contribution in [1.29, 1.82) is 0 Å². The summed E-state index contributed by atoms with van der Waals surface area (Å²) >= 11 is 0. The van der Waals surface area contributed by atoms with Crippen LogP contribution in [0, 0.1) is 5.92 Å². The van der Waals surface area contributed by atoms with Gasteiger partial charge in [-0.3, -0.25) is 9.35 Å². The summed E-state index contributed by atoms with van der Waals surface area (Å²) < 4.78 is 36.3. The fraction of sp³-hybridized carbons (Fsp3) is 0.909. The fourth-order valence-corrected chi connectivity index (χ4v) is 1.95. The SMILES string of the molecule is CC(C)C(=O)OC(CC[N+](C)(C)C)CS(=O)(=O)O. The highest BCUT2D eigenvalue weighted by atomic mass is 32.2. The molecule has 1 N–H and O–H groups in total. The smallest absolute Gasteiger partial charge is 0.308 e. The third-order valence-corrected chi connectivity index (χ3v) is 3.07. The highest BCUT2D eigenvalue weighted by Crippen LogP contribution is 2.09. The Labute approximate surface area is 109 Å². The van der Waals surface area contributed by atoms with Gasteiger partial charge in [-0.25, -0.2) is 0 Å². The van der Waals surface area contributed by atoms with Crippen molar-refractivity contribution in [2.24, 2.45) is 5.92 Å². The minimum atomic E-state index is -4.15. The van der Waals surface area contributed by atoms with Gasteiger partial charge in [-0.15, -0.1) is 0 Å². The van der Waals surface area contributed by atoms with E-state index >= 15 is 0 Å². The van der Waals surface area contributed by atoms with E-state index in [0.29, 0.717) is 17.4 Å². The molecular weight excluding hydrogens is 258 g/mol. The average molecular weight is 282 g/mol. The van der Waals surface area contributed by atoms with E-state index in [4.69, 9.17) is 9.29 Å². The Morgan fingerprint density at radius 2 is 1.78 bits per heavy atom. The highest BCUT2D eigenvalue weighted by Gasteiger charge is 2.24. The molecule has 0 aliphatic heterocycles. The van der Waals surface area contributed by atoms with Gasteiger partial charge < -0.3 is 9.22 Å². The van der Waals surface area contributed by atoms with E-state index in [0.717, 1.165) is 0 Å². The van der Waals surface area contributed by atoms with Gasteiger partial charge in [-0.1, -0.05) is 13.8 Å². The van der Waals surface area contributed by atoms with Gasteiger partial charge in [0.05, 0.1) is 33.6 Å². The van der Waals surface area contributed by atoms with Crippen LogP contribution in [0.5, 0.6) is 0 Å². The zero-order chi connectivity index (χ0) is 14.6. The van der Waals surface area contributed by atoms with E-state index in [1.165, 1.54) is 0 Å². The number of hydrogen-bond donors (Lipinski definition) is 1. The molecule has 0 aliphatic carbocycles. The second-order valence-electron chi connectivity index (χ2n) is 5.76. The van der Waals surface area contributed by atoms with Gasteiger partial charge in [0.25, 0.3) is 10.1 Å². The maximum atomic E-state index is 11.5. The molecule has 0 saturated heterocycles. The van der Waals surface area contributed by atoms with Gasteiger partial charge in [0.2, 0.25) is 0 Å². The molecule has 1 unspecified atom stereocenters. The molecule has 0 spiro atoms. The summed E-state index contributed by atoms with van der Waals surface area (Å²) in [5.41, 5.74) is 0. The Kier molecular flexibility index (Phi) is 6.25. The van der Waals surface area contributed by atoms with Crippen molar-refractivity contribution in [2.75, 3.05) is 33.4 Å². The number of carbonyl (C=O) groups excluding carboxylic acids is 1. The Balaban J connectivity index is 4.58. The number of ether oxygens (including phenoxy) is 1. The monoisotopic (exact) mass is 282 g/mol. The maximum absolute atomic E-state index is 11.5. The molecule has 0 bridgehead atoms. The highest BCUT2D eigenvalue weighted by molar-refractivity contribution is 7.85. The van der Waals surface area contributed by atoms with Crippen LogP contribution in [0.4, 0.5) is 0 Å². The number of rotatable bonds is 7. The minimum Gasteiger partial charge on any atom is -0.461 e. The summed E-state index contributed by atoms with van der Waals surface area (Å²) in [5, 5.41) is 0. The van der Waals surface area contributed by atoms with Crippen molar-refractivity contribution in [2.45, 2.75) is 26.4 Å². The van der Waals surface area contributed by atoms with Crippen LogP contribution in [0.15, 0.2) is 0 Å². The van der Waals surface area contributed by atoms with E-state index in [1.54, 1.807) is 13.8 Å². The first kappa shape index (κ1) is 17.3. The van der Waals surface area contributed by atoms with Crippen LogP contribution >= 0.6 is 0 Å². The maximum Gasteiger partial charge on any atom is 0.308 e. The predicted molar refractivity (Wildman–Crippen MR) is 68.7 cm³/mol. The van der Waals surface area contributed by atoms with Crippen molar-refractivity contribution in [3.63, 3.8) is 0 Å². The van der Waals surface area contributed by atoms with Crippen molar-refractivity contribution in [3.05, 3.63) is 0 Å². The van der Waals surface area contributed by atoms with Crippen molar-refractivity contribution < 1.29 is 27.0 Å². The van der Waals surface area contributed by atoms with Gasteiger partial charge in [0, 0.05) is 6.42 Å². The summed E-state index contributed by atoms with van der Waals surface area (Å²) in [7, 11) is 1.71. The lowest BCUT2D eigenvalue weighted by Crippen LogP contribution is -2.39. The molecule has 0 radical (unpaired) electrons. The zero-order valence-electron chi connectivity index (χ0n) is 11.7. The first-order valence-corrected chi connectivity index (χ1v) is 7.48. The van der Waals surface area contributed by atoms with E-state index in [2.05, 4.69) is 0 Å². The van der Waals surface area contributed by atoms with Gasteiger partial charge in [0.15, 0.2) is 0 Å². The molecule has 18 heavy (non-hydrogen) atoms. The van der Waals surface area contributed by atoms with Crippen LogP contribution in [0.1, 0.15) is 20.3 Å². The number of nitrogens with zero attached hydrogens (tertiary/aromatic N) is 1. The molecule has 0 aromatic rings. The van der Waals surface area contributed by atoms with Gasteiger partial charge in [-0.05, 0) is 0 Å². The normalized spacial score (nSPS) is 14.6. The van der Waals surface area contributed by atoms with Crippen molar-refractivity contribution >= 4 is 16.1 Å². The second kappa shape index (κ2) is 6.49. The van der Waals surface area contributed by atoms with Gasteiger partial charge >= 0.3 is 5.97 Å². The molecule has 0 heterocycles. The lowest BCUT2D eigenvalue weighted by molar-refractivity contribution is -0.870. The third-order valence-electron chi connectivity index (χ3n) is 2.27. The van der Waals surface area contributed by atoms with E-state index in [1.807, 2.05) is 21.1 Å². The molecule has 0 amide bonds. The van der Waals surface area contributed by atoms with Crippen LogP contribution in [-0.4, -0.2) is 63.0 Å². The average Bonchev–Trinajstić information content (AvgIpc) is 2.10. The topological polar surface area (TPSA) is 80.7 Å². The Morgan fingerprint density at radius 1 is 1.28 bits per heavy atom. The van der Waals surface area contributed by atoms with Crippen LogP contribution < -0.4 is 0 Å². The number of hydrogen-bond acceptors (Lipinski definition) is 4. The Hall–Kier alpha value is -0.660. The van der Waals surface area contributed by atoms with E-state index in [9.17, 15) is 13.2 Å². The van der Waals surface area contributed by atoms with Gasteiger partial charge in [-0.2, -0.15) is 8.42 Å². The molecule has 1 atom stereocenters. The summed E-state index contributed by atoms with van der Waals surface area (Å²) in [6, 6.07) is 0. The molecule has 6 nitrogen and oxygen atoms in total. The van der Waals surface area contributed by atoms with Gasteiger partial charge in [0.1, 0.15) is 11.9 Å². The largest absolute Gasteiger partial charge is 0.461 e. The summed E-state index contributed by atoms with van der Waals surface area (Å²) in [6.07, 6.45) is -0.408. The van der Waals surface area contributed by atoms with E-state index < -0.39 is 27.9 Å². The molecule has 0 saturated carbocycles. The molecule has 0 aromatic heterocycles. The van der Waals surface area contributed by atoms with Crippen LogP contribution in [0.2, 0.25) is 0 Å². The fourth-order valence-electron chi connectivity index (χ4n) is 1.24. The second-order valence-corrected chi connectivity index (χ2v) is 7.26. The molecule has 0 fully saturated rings. The third kappa shape index (κ3) is 9.38. The van der Waals surface area contributed by atoms with Crippen LogP contribution in [0.25, 0.3) is 0 Å². The number of carbonyl (C=O) groups is 1. The zero-order valence-corrected chi connectivity index (χ0v) is 12.5. The first-order valence-electron chi connectivity index (χ1n) is 5.87. The molecule has 0 rings (SSSR count). The summed E-state index contributed by atoms with van der Waals surface area (Å²) in [6.45, 7) is 3.99. The van der Waals surface area contributed by atoms with Crippen LogP contribution in [0.3, 0.4) is 0 Å². The predicted octanol–water partition coefficient (Wildman–Crippen LogP) is 0.538. The Morgan fingerprint density at radius 3 is 2.11 bits per heavy atom. The van der Waals surface area contributed by atoms with Crippen molar-refractivity contribution in [3.8, 4) is 0 Å². The molecule has 0 aromatic carbocycles. The lowest BCUT2D eigenvalue weighted by Gasteiger charge is -2.26. The summed E-state index contributed by atoms with van der Waals surface area (Å²) in [4.78, 5) is 11.5. The van der Waals surface area contributed by atoms with Crippen LogP contribution in [-0.2, 0) is 19.6 Å². The standard InChI is InChI=1S/C11H23NO5S/c1-9(2)11(13)17-10(8-18(14,15)16)6-7-12(3,4)5/h9-10H,6-8H2,1-5H3/p+1. The lowest BCUT2D eigenvalue weighted by atomic mass is 10.2. The molecule has 7 heteroatoms. The molecular formula is C11H24NO5S+. The minimum absolute atomic E-state index is 0.321. The molecule has 108 valence electrons.